The first kappa shape index (κ1) is 22.7. The molecule has 2 aromatic carbocycles. The van der Waals surface area contributed by atoms with Crippen molar-refractivity contribution in [3.05, 3.63) is 59.7 Å². The van der Waals surface area contributed by atoms with Gasteiger partial charge in [0.25, 0.3) is 11.8 Å². The van der Waals surface area contributed by atoms with Crippen molar-refractivity contribution in [2.45, 2.75) is 39.7 Å². The number of ether oxygens (including phenoxy) is 2. The Labute approximate surface area is 184 Å². The van der Waals surface area contributed by atoms with E-state index in [1.807, 2.05) is 68.1 Å². The van der Waals surface area contributed by atoms with Gasteiger partial charge in [-0.15, -0.1) is 0 Å². The fraction of sp³-hybridized carbons (Fsp3) is 0.440. The van der Waals surface area contributed by atoms with E-state index < -0.39 is 0 Å². The number of carbonyl (C=O) groups is 2. The lowest BCUT2D eigenvalue weighted by atomic mass is 9.99. The van der Waals surface area contributed by atoms with Gasteiger partial charge >= 0.3 is 0 Å². The van der Waals surface area contributed by atoms with Gasteiger partial charge in [0.15, 0.2) is 6.61 Å². The van der Waals surface area contributed by atoms with Gasteiger partial charge in [-0.2, -0.15) is 0 Å². The smallest absolute Gasteiger partial charge is 0.260 e. The molecule has 0 aromatic heterocycles. The molecule has 1 aliphatic heterocycles. The second-order valence-corrected chi connectivity index (χ2v) is 8.39. The fourth-order valence-corrected chi connectivity index (χ4v) is 3.70. The van der Waals surface area contributed by atoms with Crippen LogP contribution < -0.4 is 14.8 Å². The van der Waals surface area contributed by atoms with Crippen LogP contribution in [0.25, 0.3) is 0 Å². The maximum Gasteiger partial charge on any atom is 0.260 e. The molecule has 6 nitrogen and oxygen atoms in total. The Morgan fingerprint density at radius 2 is 1.94 bits per heavy atom. The molecular formula is C25H32N2O4. The number of hydrogen-bond acceptors (Lipinski definition) is 4. The van der Waals surface area contributed by atoms with Crippen molar-refractivity contribution in [2.24, 2.45) is 5.92 Å². The molecule has 1 fully saturated rings. The minimum atomic E-state index is -0.139. The Morgan fingerprint density at radius 1 is 1.13 bits per heavy atom. The quantitative estimate of drug-likeness (QED) is 0.699. The number of nitrogens with one attached hydrogen (secondary N) is 1. The molecule has 1 atom stereocenters. The van der Waals surface area contributed by atoms with E-state index in [0.717, 1.165) is 24.9 Å². The van der Waals surface area contributed by atoms with E-state index in [1.54, 1.807) is 6.07 Å². The highest BCUT2D eigenvalue weighted by Crippen LogP contribution is 2.22. The SMILES string of the molecule is Cc1cccc(OCC(=O)N2CCCC(COc3ccccc3C(=O)NC(C)C)C2)c1. The van der Waals surface area contributed by atoms with E-state index in [2.05, 4.69) is 5.32 Å². The second-order valence-electron chi connectivity index (χ2n) is 8.39. The monoisotopic (exact) mass is 424 g/mol. The average Bonchev–Trinajstić information content (AvgIpc) is 2.76. The van der Waals surface area contributed by atoms with Crippen molar-refractivity contribution in [2.75, 3.05) is 26.3 Å². The molecule has 6 heteroatoms. The second kappa shape index (κ2) is 10.8. The first-order chi connectivity index (χ1) is 14.9. The van der Waals surface area contributed by atoms with Gasteiger partial charge in [-0.3, -0.25) is 9.59 Å². The molecule has 31 heavy (non-hydrogen) atoms. The zero-order valence-electron chi connectivity index (χ0n) is 18.6. The van der Waals surface area contributed by atoms with Gasteiger partial charge in [0.05, 0.1) is 12.2 Å². The van der Waals surface area contributed by atoms with Crippen LogP contribution in [0.5, 0.6) is 11.5 Å². The third-order valence-corrected chi connectivity index (χ3v) is 5.25. The largest absolute Gasteiger partial charge is 0.492 e. The van der Waals surface area contributed by atoms with Crippen molar-refractivity contribution < 1.29 is 19.1 Å². The van der Waals surface area contributed by atoms with Gasteiger partial charge < -0.3 is 19.7 Å². The Kier molecular flexibility index (Phi) is 7.93. The maximum atomic E-state index is 12.6. The lowest BCUT2D eigenvalue weighted by Gasteiger charge is -2.32. The number of likely N-dealkylation sites (tertiary alicyclic amines) is 1. The molecule has 3 rings (SSSR count). The van der Waals surface area contributed by atoms with Crippen molar-refractivity contribution in [3.8, 4) is 11.5 Å². The summed E-state index contributed by atoms with van der Waals surface area (Å²) in [7, 11) is 0. The van der Waals surface area contributed by atoms with E-state index in [9.17, 15) is 9.59 Å². The average molecular weight is 425 g/mol. The zero-order chi connectivity index (χ0) is 22.2. The molecule has 1 aliphatic rings. The number of carbonyl (C=O) groups excluding carboxylic acids is 2. The summed E-state index contributed by atoms with van der Waals surface area (Å²) in [6, 6.07) is 15.0. The van der Waals surface area contributed by atoms with Crippen LogP contribution in [-0.2, 0) is 4.79 Å². The summed E-state index contributed by atoms with van der Waals surface area (Å²) in [4.78, 5) is 26.9. The van der Waals surface area contributed by atoms with Crippen molar-refractivity contribution in [1.82, 2.24) is 10.2 Å². The van der Waals surface area contributed by atoms with Crippen LogP contribution in [0.15, 0.2) is 48.5 Å². The molecule has 0 bridgehead atoms. The highest BCUT2D eigenvalue weighted by molar-refractivity contribution is 5.97. The normalized spacial score (nSPS) is 16.1. The molecule has 2 amide bonds. The topological polar surface area (TPSA) is 67.9 Å². The lowest BCUT2D eigenvalue weighted by Crippen LogP contribution is -2.43. The third kappa shape index (κ3) is 6.74. The fourth-order valence-electron chi connectivity index (χ4n) is 3.70. The Morgan fingerprint density at radius 3 is 2.71 bits per heavy atom. The minimum absolute atomic E-state index is 0.0112. The van der Waals surface area contributed by atoms with Crippen LogP contribution in [0.2, 0.25) is 0 Å². The molecular weight excluding hydrogens is 392 g/mol. The van der Waals surface area contributed by atoms with Gasteiger partial charge in [-0.05, 0) is 63.4 Å². The van der Waals surface area contributed by atoms with E-state index in [1.165, 1.54) is 0 Å². The minimum Gasteiger partial charge on any atom is -0.492 e. The van der Waals surface area contributed by atoms with Crippen LogP contribution in [0.3, 0.4) is 0 Å². The molecule has 0 radical (unpaired) electrons. The van der Waals surface area contributed by atoms with E-state index in [4.69, 9.17) is 9.47 Å². The number of rotatable bonds is 8. The van der Waals surface area contributed by atoms with Crippen LogP contribution in [-0.4, -0.2) is 49.1 Å². The van der Waals surface area contributed by atoms with Gasteiger partial charge in [0.2, 0.25) is 0 Å². The van der Waals surface area contributed by atoms with Gasteiger partial charge in [-0.25, -0.2) is 0 Å². The summed E-state index contributed by atoms with van der Waals surface area (Å²) in [6.45, 7) is 7.73. The first-order valence-electron chi connectivity index (χ1n) is 10.9. The van der Waals surface area contributed by atoms with Crippen LogP contribution in [0, 0.1) is 12.8 Å². The number of nitrogens with zero attached hydrogens (tertiary/aromatic N) is 1. The summed E-state index contributed by atoms with van der Waals surface area (Å²) in [5.41, 5.74) is 1.63. The van der Waals surface area contributed by atoms with Crippen LogP contribution >= 0.6 is 0 Å². The maximum absolute atomic E-state index is 12.6. The number of aryl methyl sites for hydroxylation is 1. The van der Waals surface area contributed by atoms with Gasteiger partial charge in [0.1, 0.15) is 11.5 Å². The van der Waals surface area contributed by atoms with Crippen molar-refractivity contribution in [1.29, 1.82) is 0 Å². The highest BCUT2D eigenvalue weighted by Gasteiger charge is 2.25. The predicted molar refractivity (Wildman–Crippen MR) is 121 cm³/mol. The summed E-state index contributed by atoms with van der Waals surface area (Å²) in [5.74, 6) is 1.36. The van der Waals surface area contributed by atoms with Crippen molar-refractivity contribution >= 4 is 11.8 Å². The molecule has 0 aliphatic carbocycles. The van der Waals surface area contributed by atoms with E-state index in [-0.39, 0.29) is 30.4 Å². The standard InChI is InChI=1S/C25H32N2O4/c1-18(2)26-25(29)22-11-4-5-12-23(22)31-16-20-9-7-13-27(15-20)24(28)17-30-21-10-6-8-19(3)14-21/h4-6,8,10-12,14,18,20H,7,9,13,15-17H2,1-3H3,(H,26,29). The van der Waals surface area contributed by atoms with Crippen LogP contribution in [0.4, 0.5) is 0 Å². The number of para-hydroxylation sites is 1. The van der Waals surface area contributed by atoms with Crippen molar-refractivity contribution in [3.63, 3.8) is 0 Å². The van der Waals surface area contributed by atoms with Gasteiger partial charge in [0, 0.05) is 25.0 Å². The number of hydrogen-bond donors (Lipinski definition) is 1. The summed E-state index contributed by atoms with van der Waals surface area (Å²) >= 11 is 0. The highest BCUT2D eigenvalue weighted by atomic mass is 16.5. The molecule has 1 saturated heterocycles. The Hall–Kier alpha value is -3.02. The zero-order valence-corrected chi connectivity index (χ0v) is 18.6. The predicted octanol–water partition coefficient (Wildman–Crippen LogP) is 3.83. The number of benzene rings is 2. The molecule has 0 spiro atoms. The lowest BCUT2D eigenvalue weighted by molar-refractivity contribution is -0.135. The summed E-state index contributed by atoms with van der Waals surface area (Å²) in [6.07, 6.45) is 1.92. The van der Waals surface area contributed by atoms with E-state index in [0.29, 0.717) is 30.2 Å². The molecule has 1 unspecified atom stereocenters. The number of piperidine rings is 1. The Bertz CT molecular complexity index is 897. The van der Waals surface area contributed by atoms with Crippen LogP contribution in [0.1, 0.15) is 42.6 Å². The molecule has 166 valence electrons. The number of amides is 2. The molecule has 2 aromatic rings. The third-order valence-electron chi connectivity index (χ3n) is 5.25. The first-order valence-corrected chi connectivity index (χ1v) is 10.9. The summed E-state index contributed by atoms with van der Waals surface area (Å²) < 4.78 is 11.7. The molecule has 1 N–H and O–H groups in total. The summed E-state index contributed by atoms with van der Waals surface area (Å²) in [5, 5.41) is 2.90. The molecule has 0 saturated carbocycles. The van der Waals surface area contributed by atoms with E-state index >= 15 is 0 Å². The molecule has 1 heterocycles. The van der Waals surface area contributed by atoms with Gasteiger partial charge in [-0.1, -0.05) is 24.3 Å². The Balaban J connectivity index is 1.52.